The number of rotatable bonds is 8. The molecule has 1 amide bonds. The van der Waals surface area contributed by atoms with Gasteiger partial charge in [0.15, 0.2) is 5.96 Å². The zero-order chi connectivity index (χ0) is 22.9. The molecule has 7 heteroatoms. The van der Waals surface area contributed by atoms with Gasteiger partial charge in [-0.3, -0.25) is 14.7 Å². The highest BCUT2D eigenvalue weighted by atomic mass is 127. The lowest BCUT2D eigenvalue weighted by Gasteiger charge is -2.38. The zero-order valence-corrected chi connectivity index (χ0v) is 22.6. The molecule has 1 aliphatic heterocycles. The number of guanidine groups is 1. The van der Waals surface area contributed by atoms with E-state index >= 15 is 0 Å². The minimum Gasteiger partial charge on any atom is -0.356 e. The lowest BCUT2D eigenvalue weighted by Crippen LogP contribution is -2.50. The Balaban J connectivity index is 0.00000385. The van der Waals surface area contributed by atoms with Crippen molar-refractivity contribution in [2.75, 3.05) is 33.7 Å². The molecule has 0 spiro atoms. The number of carbonyl (C=O) groups excluding carboxylic acids is 1. The Morgan fingerprint density at radius 3 is 2.55 bits per heavy atom. The van der Waals surface area contributed by atoms with Gasteiger partial charge < -0.3 is 16.0 Å². The van der Waals surface area contributed by atoms with Crippen LogP contribution in [0.4, 0.5) is 0 Å². The lowest BCUT2D eigenvalue weighted by atomic mass is 9.95. The van der Waals surface area contributed by atoms with E-state index in [0.717, 1.165) is 50.5 Å². The van der Waals surface area contributed by atoms with Gasteiger partial charge in [-0.15, -0.1) is 24.0 Å². The monoisotopic (exact) mass is 563 g/mol. The standard InChI is InChI=1S/C26H37N5O.HI/c1-19(2)24(31-15-13-21-9-5-6-10-23(21)18-31)17-30-26(28-4)29-14-12-20-8-7-11-22(16-20)25(32)27-3;/h5-11,16,19,24H,12-15,17-18H2,1-4H3,(H,27,32)(H2,28,29,30);1H. The van der Waals surface area contributed by atoms with Crippen molar-refractivity contribution in [3.05, 3.63) is 70.8 Å². The molecular weight excluding hydrogens is 525 g/mol. The number of benzene rings is 2. The normalized spacial score (nSPS) is 14.8. The molecule has 0 saturated heterocycles. The molecule has 2 aromatic rings. The minimum atomic E-state index is -0.0580. The summed E-state index contributed by atoms with van der Waals surface area (Å²) in [7, 11) is 3.46. The molecule has 0 aromatic heterocycles. The van der Waals surface area contributed by atoms with Gasteiger partial charge in [0.05, 0.1) is 0 Å². The van der Waals surface area contributed by atoms with Gasteiger partial charge in [0, 0.05) is 51.9 Å². The van der Waals surface area contributed by atoms with E-state index in [9.17, 15) is 4.79 Å². The largest absolute Gasteiger partial charge is 0.356 e. The van der Waals surface area contributed by atoms with Crippen molar-refractivity contribution >= 4 is 35.8 Å². The van der Waals surface area contributed by atoms with Crippen molar-refractivity contribution in [1.29, 1.82) is 0 Å². The van der Waals surface area contributed by atoms with Crippen molar-refractivity contribution in [3.8, 4) is 0 Å². The Labute approximate surface area is 215 Å². The summed E-state index contributed by atoms with van der Waals surface area (Å²) >= 11 is 0. The average molecular weight is 564 g/mol. The van der Waals surface area contributed by atoms with Gasteiger partial charge in [0.1, 0.15) is 0 Å². The highest BCUT2D eigenvalue weighted by Crippen LogP contribution is 2.22. The van der Waals surface area contributed by atoms with Crippen LogP contribution in [0.1, 0.15) is 40.9 Å². The number of nitrogens with zero attached hydrogens (tertiary/aromatic N) is 2. The van der Waals surface area contributed by atoms with Crippen LogP contribution in [0.3, 0.4) is 0 Å². The Hall–Kier alpha value is -2.13. The summed E-state index contributed by atoms with van der Waals surface area (Å²) in [6.07, 6.45) is 1.93. The molecule has 180 valence electrons. The first kappa shape index (κ1) is 27.1. The van der Waals surface area contributed by atoms with Crippen molar-refractivity contribution in [2.24, 2.45) is 10.9 Å². The number of hydrogen-bond donors (Lipinski definition) is 3. The Morgan fingerprint density at radius 1 is 1.09 bits per heavy atom. The smallest absolute Gasteiger partial charge is 0.251 e. The summed E-state index contributed by atoms with van der Waals surface area (Å²) in [6.45, 7) is 8.29. The first-order chi connectivity index (χ1) is 15.5. The molecule has 1 atom stereocenters. The van der Waals surface area contributed by atoms with Gasteiger partial charge >= 0.3 is 0 Å². The number of carbonyl (C=O) groups is 1. The van der Waals surface area contributed by atoms with Crippen LogP contribution in [0.15, 0.2) is 53.5 Å². The summed E-state index contributed by atoms with van der Waals surface area (Å²) < 4.78 is 0. The second-order valence-electron chi connectivity index (χ2n) is 8.71. The molecular formula is C26H38IN5O. The first-order valence-electron chi connectivity index (χ1n) is 11.6. The second kappa shape index (κ2) is 13.5. The van der Waals surface area contributed by atoms with Crippen LogP contribution < -0.4 is 16.0 Å². The fourth-order valence-corrected chi connectivity index (χ4v) is 4.35. The molecule has 1 aliphatic rings. The summed E-state index contributed by atoms with van der Waals surface area (Å²) in [5, 5.41) is 9.62. The van der Waals surface area contributed by atoms with Gasteiger partial charge in [-0.1, -0.05) is 50.2 Å². The zero-order valence-electron chi connectivity index (χ0n) is 20.2. The van der Waals surface area contributed by atoms with Gasteiger partial charge in [-0.05, 0) is 47.6 Å². The topological polar surface area (TPSA) is 68.8 Å². The maximum absolute atomic E-state index is 11.8. The van der Waals surface area contributed by atoms with Crippen LogP contribution in [0.25, 0.3) is 0 Å². The minimum absolute atomic E-state index is 0. The van der Waals surface area contributed by atoms with Crippen molar-refractivity contribution in [2.45, 2.75) is 39.3 Å². The molecule has 0 fully saturated rings. The molecule has 1 heterocycles. The highest BCUT2D eigenvalue weighted by molar-refractivity contribution is 14.0. The summed E-state index contributed by atoms with van der Waals surface area (Å²) in [4.78, 5) is 18.8. The van der Waals surface area contributed by atoms with Crippen LogP contribution in [0.2, 0.25) is 0 Å². The summed E-state index contributed by atoms with van der Waals surface area (Å²) in [6, 6.07) is 17.0. The number of halogens is 1. The number of aliphatic imine (C=N–C) groups is 1. The Bertz CT molecular complexity index is 930. The Morgan fingerprint density at radius 2 is 1.85 bits per heavy atom. The van der Waals surface area contributed by atoms with Crippen molar-refractivity contribution < 1.29 is 4.79 Å². The molecule has 0 radical (unpaired) electrons. The van der Waals surface area contributed by atoms with Crippen LogP contribution in [0, 0.1) is 5.92 Å². The van der Waals surface area contributed by atoms with E-state index in [1.165, 1.54) is 11.1 Å². The maximum Gasteiger partial charge on any atom is 0.251 e. The first-order valence-corrected chi connectivity index (χ1v) is 11.6. The van der Waals surface area contributed by atoms with Gasteiger partial charge in [-0.2, -0.15) is 0 Å². The van der Waals surface area contributed by atoms with E-state index in [-0.39, 0.29) is 29.9 Å². The van der Waals surface area contributed by atoms with Gasteiger partial charge in [0.2, 0.25) is 0 Å². The van der Waals surface area contributed by atoms with E-state index in [1.807, 2.05) is 31.3 Å². The third kappa shape index (κ3) is 7.71. The predicted molar refractivity (Wildman–Crippen MR) is 147 cm³/mol. The van der Waals surface area contributed by atoms with Crippen LogP contribution in [0.5, 0.6) is 0 Å². The van der Waals surface area contributed by atoms with E-state index in [2.05, 4.69) is 64.0 Å². The fourth-order valence-electron chi connectivity index (χ4n) is 4.35. The summed E-state index contributed by atoms with van der Waals surface area (Å²) in [5.74, 6) is 1.30. The molecule has 6 nitrogen and oxygen atoms in total. The van der Waals surface area contributed by atoms with E-state index in [0.29, 0.717) is 17.5 Å². The quantitative estimate of drug-likeness (QED) is 0.262. The van der Waals surface area contributed by atoms with E-state index < -0.39 is 0 Å². The molecule has 0 bridgehead atoms. The molecule has 1 unspecified atom stereocenters. The average Bonchev–Trinajstić information content (AvgIpc) is 2.82. The van der Waals surface area contributed by atoms with E-state index in [1.54, 1.807) is 7.05 Å². The molecule has 3 N–H and O–H groups in total. The molecule has 3 rings (SSSR count). The van der Waals surface area contributed by atoms with Gasteiger partial charge in [0.25, 0.3) is 5.91 Å². The van der Waals surface area contributed by atoms with E-state index in [4.69, 9.17) is 0 Å². The molecule has 0 saturated carbocycles. The SMILES string of the molecule is CN=C(NCCc1cccc(C(=O)NC)c1)NCC(C(C)C)N1CCc2ccccc2C1.I. The Kier molecular flexibility index (Phi) is 11.1. The van der Waals surface area contributed by atoms with Crippen LogP contribution in [-0.4, -0.2) is 56.5 Å². The number of hydrogen-bond acceptors (Lipinski definition) is 3. The second-order valence-corrected chi connectivity index (χ2v) is 8.71. The molecule has 2 aromatic carbocycles. The number of amides is 1. The highest BCUT2D eigenvalue weighted by Gasteiger charge is 2.25. The maximum atomic E-state index is 11.8. The molecule has 0 aliphatic carbocycles. The number of nitrogens with one attached hydrogen (secondary N) is 3. The van der Waals surface area contributed by atoms with Crippen molar-refractivity contribution in [1.82, 2.24) is 20.9 Å². The lowest BCUT2D eigenvalue weighted by molar-refractivity contribution is 0.0963. The third-order valence-corrected chi connectivity index (χ3v) is 6.22. The third-order valence-electron chi connectivity index (χ3n) is 6.22. The molecule has 33 heavy (non-hydrogen) atoms. The summed E-state index contributed by atoms with van der Waals surface area (Å²) in [5.41, 5.74) is 4.75. The fraction of sp³-hybridized carbons (Fsp3) is 0.462. The predicted octanol–water partition coefficient (Wildman–Crippen LogP) is 3.45. The van der Waals surface area contributed by atoms with Crippen molar-refractivity contribution in [3.63, 3.8) is 0 Å². The van der Waals surface area contributed by atoms with Gasteiger partial charge in [-0.25, -0.2) is 0 Å². The number of fused-ring (bicyclic) bond motifs is 1. The van der Waals surface area contributed by atoms with Crippen LogP contribution >= 0.6 is 24.0 Å². The van der Waals surface area contributed by atoms with Crippen LogP contribution in [-0.2, 0) is 19.4 Å².